The predicted octanol–water partition coefficient (Wildman–Crippen LogP) is 3.28. The fraction of sp³-hybridized carbons (Fsp3) is 0.421. The number of methoxy groups -OCH3 is 1. The summed E-state index contributed by atoms with van der Waals surface area (Å²) in [6.45, 7) is 1.30. The predicted molar refractivity (Wildman–Crippen MR) is 113 cm³/mol. The van der Waals surface area contributed by atoms with Crippen LogP contribution in [0.2, 0.25) is 0 Å². The molecule has 1 aliphatic rings. The van der Waals surface area contributed by atoms with Crippen molar-refractivity contribution in [1.29, 1.82) is 0 Å². The molecule has 0 bridgehead atoms. The number of hydrogen-bond acceptors (Lipinski definition) is 5. The monoisotopic (exact) mass is 486 g/mol. The third-order valence-corrected chi connectivity index (χ3v) is 8.42. The molecule has 0 aliphatic carbocycles. The number of hydrogen-bond donors (Lipinski definition) is 1. The quantitative estimate of drug-likeness (QED) is 0.651. The lowest BCUT2D eigenvalue weighted by Crippen LogP contribution is -2.43. The summed E-state index contributed by atoms with van der Waals surface area (Å²) < 4.78 is 33.2. The molecule has 28 heavy (non-hydrogen) atoms. The smallest absolute Gasteiger partial charge is 0.243 e. The lowest BCUT2D eigenvalue weighted by Gasteiger charge is -2.30. The Balaban J connectivity index is 1.49. The Kier molecular flexibility index (Phi) is 7.14. The molecule has 1 aromatic heterocycles. The first-order valence-electron chi connectivity index (χ1n) is 9.06. The summed E-state index contributed by atoms with van der Waals surface area (Å²) in [5, 5.41) is 2.98. The van der Waals surface area contributed by atoms with Gasteiger partial charge in [0, 0.05) is 30.4 Å². The second-order valence-corrected chi connectivity index (χ2v) is 11.1. The lowest BCUT2D eigenvalue weighted by molar-refractivity contribution is -0.126. The van der Waals surface area contributed by atoms with Gasteiger partial charge >= 0.3 is 0 Å². The number of ether oxygens (including phenoxy) is 1. The topological polar surface area (TPSA) is 75.7 Å². The molecular formula is C19H23BrN2O4S2. The second-order valence-electron chi connectivity index (χ2n) is 6.60. The molecular weight excluding hydrogens is 464 g/mol. The van der Waals surface area contributed by atoms with Gasteiger partial charge in [-0.05, 0) is 71.6 Å². The first-order valence-corrected chi connectivity index (χ1v) is 12.1. The van der Waals surface area contributed by atoms with Crippen molar-refractivity contribution in [2.45, 2.75) is 24.2 Å². The highest BCUT2D eigenvalue weighted by Gasteiger charge is 2.32. The van der Waals surface area contributed by atoms with Crippen LogP contribution in [0.4, 0.5) is 0 Å². The standard InChI is InChI=1S/C19H23BrN2O4S2/c1-26-15-2-5-17(6-3-15)28(24,25)22-12-9-14(10-13-22)19(23)21-11-8-16-4-7-18(20)27-16/h2-7,14H,8-13H2,1H3,(H,21,23). The fourth-order valence-electron chi connectivity index (χ4n) is 3.19. The molecule has 2 heterocycles. The summed E-state index contributed by atoms with van der Waals surface area (Å²) in [6.07, 6.45) is 1.87. The Morgan fingerprint density at radius 2 is 1.89 bits per heavy atom. The number of nitrogens with zero attached hydrogens (tertiary/aromatic N) is 1. The molecule has 0 radical (unpaired) electrons. The van der Waals surface area contributed by atoms with Gasteiger partial charge in [0.25, 0.3) is 0 Å². The number of amides is 1. The van der Waals surface area contributed by atoms with Gasteiger partial charge < -0.3 is 10.1 Å². The van der Waals surface area contributed by atoms with Crippen LogP contribution in [0.3, 0.4) is 0 Å². The van der Waals surface area contributed by atoms with Crippen molar-refractivity contribution in [2.24, 2.45) is 5.92 Å². The largest absolute Gasteiger partial charge is 0.497 e. The molecule has 0 saturated carbocycles. The summed E-state index contributed by atoms with van der Waals surface area (Å²) in [5.74, 6) is 0.485. The third-order valence-electron chi connectivity index (χ3n) is 4.82. The number of rotatable bonds is 7. The van der Waals surface area contributed by atoms with E-state index in [-0.39, 0.29) is 16.7 Å². The molecule has 152 valence electrons. The highest BCUT2D eigenvalue weighted by Crippen LogP contribution is 2.25. The molecule has 9 heteroatoms. The number of carbonyl (C=O) groups is 1. The van der Waals surface area contributed by atoms with E-state index in [0.717, 1.165) is 10.2 Å². The number of piperidine rings is 1. The van der Waals surface area contributed by atoms with Gasteiger partial charge in [-0.1, -0.05) is 0 Å². The number of benzene rings is 1. The zero-order valence-electron chi connectivity index (χ0n) is 15.6. The van der Waals surface area contributed by atoms with Crippen LogP contribution in [0.5, 0.6) is 5.75 Å². The molecule has 1 aliphatic heterocycles. The Labute approximate surface area is 178 Å². The molecule has 1 saturated heterocycles. The van der Waals surface area contributed by atoms with E-state index in [0.29, 0.717) is 38.2 Å². The summed E-state index contributed by atoms with van der Waals surface area (Å²) in [7, 11) is -2.00. The average molecular weight is 487 g/mol. The van der Waals surface area contributed by atoms with Gasteiger partial charge in [-0.25, -0.2) is 8.42 Å². The lowest BCUT2D eigenvalue weighted by atomic mass is 9.97. The fourth-order valence-corrected chi connectivity index (χ4v) is 6.15. The van der Waals surface area contributed by atoms with Crippen molar-refractivity contribution in [2.75, 3.05) is 26.7 Å². The zero-order valence-corrected chi connectivity index (χ0v) is 18.8. The molecule has 1 fully saturated rings. The van der Waals surface area contributed by atoms with E-state index < -0.39 is 10.0 Å². The second kappa shape index (κ2) is 9.39. The van der Waals surface area contributed by atoms with E-state index in [4.69, 9.17) is 4.74 Å². The Hall–Kier alpha value is -1.42. The van der Waals surface area contributed by atoms with Crippen molar-refractivity contribution in [1.82, 2.24) is 9.62 Å². The summed E-state index contributed by atoms with van der Waals surface area (Å²) in [4.78, 5) is 13.9. The molecule has 1 aromatic carbocycles. The third kappa shape index (κ3) is 5.14. The maximum atomic E-state index is 12.8. The van der Waals surface area contributed by atoms with Crippen LogP contribution >= 0.6 is 27.3 Å². The molecule has 6 nitrogen and oxygen atoms in total. The van der Waals surface area contributed by atoms with E-state index in [9.17, 15) is 13.2 Å². The first kappa shape index (κ1) is 21.3. The highest BCUT2D eigenvalue weighted by atomic mass is 79.9. The number of sulfonamides is 1. The molecule has 0 unspecified atom stereocenters. The van der Waals surface area contributed by atoms with Crippen molar-refractivity contribution in [3.8, 4) is 5.75 Å². The molecule has 2 aromatic rings. The van der Waals surface area contributed by atoms with Gasteiger partial charge in [0.2, 0.25) is 15.9 Å². The molecule has 1 amide bonds. The van der Waals surface area contributed by atoms with Crippen LogP contribution in [0, 0.1) is 5.92 Å². The maximum Gasteiger partial charge on any atom is 0.243 e. The number of halogens is 1. The van der Waals surface area contributed by atoms with Crippen molar-refractivity contribution in [3.63, 3.8) is 0 Å². The van der Waals surface area contributed by atoms with Gasteiger partial charge in [0.1, 0.15) is 5.75 Å². The molecule has 0 spiro atoms. The Morgan fingerprint density at radius 1 is 1.21 bits per heavy atom. The minimum absolute atomic E-state index is 0.0112. The van der Waals surface area contributed by atoms with Crippen LogP contribution in [0.15, 0.2) is 45.1 Å². The number of thiophene rings is 1. The van der Waals surface area contributed by atoms with Gasteiger partial charge in [0.15, 0.2) is 0 Å². The molecule has 1 N–H and O–H groups in total. The Bertz CT molecular complexity index is 904. The first-order chi connectivity index (χ1) is 13.4. The van der Waals surface area contributed by atoms with E-state index in [1.807, 2.05) is 12.1 Å². The van der Waals surface area contributed by atoms with E-state index in [1.165, 1.54) is 9.18 Å². The Morgan fingerprint density at radius 3 is 2.46 bits per heavy atom. The minimum Gasteiger partial charge on any atom is -0.497 e. The molecule has 3 rings (SSSR count). The number of carbonyl (C=O) groups excluding carboxylic acids is 1. The summed E-state index contributed by atoms with van der Waals surface area (Å²) in [6, 6.07) is 10.4. The average Bonchev–Trinajstić information content (AvgIpc) is 3.13. The minimum atomic E-state index is -3.54. The van der Waals surface area contributed by atoms with Crippen LogP contribution in [0.1, 0.15) is 17.7 Å². The zero-order chi connectivity index (χ0) is 20.1. The molecule has 0 atom stereocenters. The highest BCUT2D eigenvalue weighted by molar-refractivity contribution is 9.11. The van der Waals surface area contributed by atoms with Crippen molar-refractivity contribution >= 4 is 43.2 Å². The van der Waals surface area contributed by atoms with Crippen LogP contribution in [-0.4, -0.2) is 45.4 Å². The van der Waals surface area contributed by atoms with E-state index in [2.05, 4.69) is 21.2 Å². The van der Waals surface area contributed by atoms with Gasteiger partial charge in [-0.15, -0.1) is 11.3 Å². The SMILES string of the molecule is COc1ccc(S(=O)(=O)N2CCC(C(=O)NCCc3ccc(Br)s3)CC2)cc1. The van der Waals surface area contributed by atoms with Gasteiger partial charge in [0.05, 0.1) is 15.8 Å². The van der Waals surface area contributed by atoms with Crippen LogP contribution < -0.4 is 10.1 Å². The van der Waals surface area contributed by atoms with Crippen molar-refractivity contribution < 1.29 is 17.9 Å². The maximum absolute atomic E-state index is 12.8. The van der Waals surface area contributed by atoms with Crippen molar-refractivity contribution in [3.05, 3.63) is 45.1 Å². The summed E-state index contributed by atoms with van der Waals surface area (Å²) in [5.41, 5.74) is 0. The number of nitrogens with one attached hydrogen (secondary N) is 1. The van der Waals surface area contributed by atoms with Gasteiger partial charge in [-0.3, -0.25) is 4.79 Å². The summed E-state index contributed by atoms with van der Waals surface area (Å²) >= 11 is 5.09. The van der Waals surface area contributed by atoms with E-state index >= 15 is 0 Å². The van der Waals surface area contributed by atoms with Crippen LogP contribution in [0.25, 0.3) is 0 Å². The van der Waals surface area contributed by atoms with E-state index in [1.54, 1.807) is 42.7 Å². The normalized spacial score (nSPS) is 16.1. The van der Waals surface area contributed by atoms with Gasteiger partial charge in [-0.2, -0.15) is 4.31 Å². The van der Waals surface area contributed by atoms with Crippen LogP contribution in [-0.2, 0) is 21.2 Å².